The molecule has 0 heterocycles. The van der Waals surface area contributed by atoms with Crippen molar-refractivity contribution in [2.75, 3.05) is 26.4 Å². The van der Waals surface area contributed by atoms with E-state index in [0.29, 0.717) is 38.5 Å². The van der Waals surface area contributed by atoms with Gasteiger partial charge in [0.2, 0.25) is 0 Å². The monoisotopic (exact) mass is 850 g/mol. The first-order chi connectivity index (χ1) is 28.5. The van der Waals surface area contributed by atoms with Gasteiger partial charge in [0.05, 0.1) is 25.9 Å². The summed E-state index contributed by atoms with van der Waals surface area (Å²) in [5, 5.41) is 28.6. The van der Waals surface area contributed by atoms with Gasteiger partial charge in [-0.3, -0.25) is 23.4 Å². The van der Waals surface area contributed by atoms with Crippen LogP contribution in [-0.2, 0) is 37.5 Å². The van der Waals surface area contributed by atoms with Gasteiger partial charge in [-0.2, -0.15) is 0 Å². The van der Waals surface area contributed by atoms with E-state index < -0.39 is 64.5 Å². The number of rotatable bonds is 37. The summed E-state index contributed by atoms with van der Waals surface area (Å²) in [4.78, 5) is 47.5. The van der Waals surface area contributed by atoms with Crippen LogP contribution in [0.5, 0.6) is 0 Å². The van der Waals surface area contributed by atoms with Crippen LogP contribution in [0.3, 0.4) is 0 Å². The molecule has 0 saturated carbocycles. The zero-order chi connectivity index (χ0) is 43.4. The summed E-state index contributed by atoms with van der Waals surface area (Å²) in [7, 11) is -4.69. The van der Waals surface area contributed by atoms with Gasteiger partial charge >= 0.3 is 19.8 Å². The lowest BCUT2D eigenvalue weighted by molar-refractivity contribution is -0.161. The van der Waals surface area contributed by atoms with Crippen molar-refractivity contribution in [2.45, 2.75) is 161 Å². The number of ketones is 1. The fraction of sp³-hybridized carbons (Fsp3) is 0.674. The molecule has 59 heavy (non-hydrogen) atoms. The summed E-state index contributed by atoms with van der Waals surface area (Å²) in [6.07, 6.45) is 37.9. The van der Waals surface area contributed by atoms with Gasteiger partial charge in [0, 0.05) is 18.8 Å². The zero-order valence-corrected chi connectivity index (χ0v) is 36.7. The largest absolute Gasteiger partial charge is 0.472 e. The molecule has 0 spiro atoms. The van der Waals surface area contributed by atoms with Crippen LogP contribution in [0.2, 0.25) is 0 Å². The molecule has 0 aliphatic heterocycles. The number of aliphatic hydroxyl groups is 3. The average molecular weight is 851 g/mol. The lowest BCUT2D eigenvalue weighted by Gasteiger charge is -2.20. The average Bonchev–Trinajstić information content (AvgIpc) is 3.57. The molecule has 0 amide bonds. The van der Waals surface area contributed by atoms with E-state index in [9.17, 15) is 34.1 Å². The SMILES string of the molecule is CCCCCCCC/C=C\C/C=C\C/C=C\CCCC(=O)OC[C@H](COP(=O)(O)OC[C@@H](O)CO)OC(=O)CCC/C=C\C[C@H]1C=CC(=O)[C@@H]1/C=C/[C@@H](O)CCCCC. The van der Waals surface area contributed by atoms with Crippen LogP contribution < -0.4 is 0 Å². The minimum absolute atomic E-state index is 0.00879. The third-order valence-corrected chi connectivity index (χ3v) is 10.5. The fourth-order valence-corrected chi connectivity index (χ4v) is 6.85. The van der Waals surface area contributed by atoms with Gasteiger partial charge in [0.1, 0.15) is 12.7 Å². The van der Waals surface area contributed by atoms with Gasteiger partial charge in [0.25, 0.3) is 0 Å². The number of phosphoric ester groups is 1. The highest BCUT2D eigenvalue weighted by Gasteiger charge is 2.28. The van der Waals surface area contributed by atoms with Gasteiger partial charge < -0.3 is 29.7 Å². The van der Waals surface area contributed by atoms with Crippen LogP contribution in [0.4, 0.5) is 0 Å². The van der Waals surface area contributed by atoms with Crippen molar-refractivity contribution in [3.8, 4) is 0 Å². The summed E-state index contributed by atoms with van der Waals surface area (Å²) in [6.45, 7) is 1.97. The fourth-order valence-electron chi connectivity index (χ4n) is 6.06. The first-order valence-electron chi connectivity index (χ1n) is 22.0. The zero-order valence-electron chi connectivity index (χ0n) is 35.8. The Morgan fingerprint density at radius 2 is 1.32 bits per heavy atom. The lowest BCUT2D eigenvalue weighted by Crippen LogP contribution is -2.29. The summed E-state index contributed by atoms with van der Waals surface area (Å²) in [6, 6.07) is 0. The van der Waals surface area contributed by atoms with Crippen LogP contribution in [0.25, 0.3) is 0 Å². The van der Waals surface area contributed by atoms with Crippen LogP contribution in [0.1, 0.15) is 142 Å². The molecule has 0 saturated heterocycles. The number of aliphatic hydroxyl groups excluding tert-OH is 3. The molecule has 0 aromatic rings. The minimum Gasteiger partial charge on any atom is -0.462 e. The Morgan fingerprint density at radius 3 is 2.00 bits per heavy atom. The summed E-state index contributed by atoms with van der Waals surface area (Å²) >= 11 is 0. The van der Waals surface area contributed by atoms with E-state index in [2.05, 4.69) is 42.7 Å². The van der Waals surface area contributed by atoms with Gasteiger partial charge in [-0.1, -0.05) is 132 Å². The molecule has 1 aliphatic rings. The van der Waals surface area contributed by atoms with Crippen molar-refractivity contribution in [2.24, 2.45) is 11.8 Å². The van der Waals surface area contributed by atoms with E-state index in [1.165, 1.54) is 38.5 Å². The van der Waals surface area contributed by atoms with E-state index in [1.54, 1.807) is 18.2 Å². The molecule has 0 radical (unpaired) electrons. The van der Waals surface area contributed by atoms with Crippen molar-refractivity contribution in [3.63, 3.8) is 0 Å². The molecule has 6 atom stereocenters. The number of carbonyl (C=O) groups is 3. The smallest absolute Gasteiger partial charge is 0.462 e. The second kappa shape index (κ2) is 35.8. The van der Waals surface area contributed by atoms with Crippen LogP contribution in [0.15, 0.2) is 72.9 Å². The Balaban J connectivity index is 2.48. The van der Waals surface area contributed by atoms with Crippen LogP contribution in [0, 0.1) is 11.8 Å². The molecule has 4 N–H and O–H groups in total. The van der Waals surface area contributed by atoms with Crippen molar-refractivity contribution >= 4 is 25.5 Å². The Labute approximate surface area is 354 Å². The number of carbonyl (C=O) groups excluding carboxylic acids is 3. The topological polar surface area (TPSA) is 186 Å². The number of esters is 2. The molecule has 0 fully saturated rings. The highest BCUT2D eigenvalue weighted by Crippen LogP contribution is 2.43. The molecule has 1 rings (SSSR count). The molecular formula is C46H75O12P. The molecule has 13 heteroatoms. The summed E-state index contributed by atoms with van der Waals surface area (Å²) in [5.74, 6) is -1.45. The molecule has 336 valence electrons. The number of unbranched alkanes of at least 4 members (excludes halogenated alkanes) is 10. The highest BCUT2D eigenvalue weighted by molar-refractivity contribution is 7.47. The van der Waals surface area contributed by atoms with Gasteiger partial charge in [-0.25, -0.2) is 4.57 Å². The number of phosphoric acid groups is 1. The maximum atomic E-state index is 12.7. The Hall–Kier alpha value is -2.96. The Bertz CT molecular complexity index is 1350. The third-order valence-electron chi connectivity index (χ3n) is 9.58. The lowest BCUT2D eigenvalue weighted by atomic mass is 9.90. The van der Waals surface area contributed by atoms with E-state index in [4.69, 9.17) is 19.1 Å². The van der Waals surface area contributed by atoms with E-state index in [1.807, 2.05) is 30.4 Å². The van der Waals surface area contributed by atoms with E-state index in [0.717, 1.165) is 38.5 Å². The van der Waals surface area contributed by atoms with Crippen molar-refractivity contribution in [3.05, 3.63) is 72.9 Å². The molecule has 0 aromatic heterocycles. The molecule has 1 unspecified atom stereocenters. The summed E-state index contributed by atoms with van der Waals surface area (Å²) < 4.78 is 32.6. The number of ether oxygens (including phenoxy) is 2. The maximum Gasteiger partial charge on any atom is 0.472 e. The van der Waals surface area contributed by atoms with Gasteiger partial charge in [-0.05, 0) is 76.2 Å². The molecule has 0 aromatic carbocycles. The highest BCUT2D eigenvalue weighted by atomic mass is 31.2. The molecular weight excluding hydrogens is 775 g/mol. The minimum atomic E-state index is -4.69. The normalized spacial score (nSPS) is 18.5. The van der Waals surface area contributed by atoms with Crippen LogP contribution >= 0.6 is 7.82 Å². The van der Waals surface area contributed by atoms with Crippen molar-refractivity contribution in [1.29, 1.82) is 0 Å². The van der Waals surface area contributed by atoms with E-state index >= 15 is 0 Å². The quantitative estimate of drug-likeness (QED) is 0.0201. The third kappa shape index (κ3) is 30.7. The second-order valence-electron chi connectivity index (χ2n) is 15.0. The second-order valence-corrected chi connectivity index (χ2v) is 16.5. The van der Waals surface area contributed by atoms with E-state index in [-0.39, 0.29) is 30.5 Å². The molecule has 0 bridgehead atoms. The first kappa shape index (κ1) is 54.1. The summed E-state index contributed by atoms with van der Waals surface area (Å²) in [5.41, 5.74) is 0. The number of hydrogen-bond donors (Lipinski definition) is 4. The van der Waals surface area contributed by atoms with Gasteiger partial charge in [-0.15, -0.1) is 0 Å². The van der Waals surface area contributed by atoms with Crippen LogP contribution in [-0.4, -0.2) is 82.7 Å². The number of allylic oxidation sites excluding steroid dienone is 11. The van der Waals surface area contributed by atoms with Crippen molar-refractivity contribution < 1.29 is 57.7 Å². The Morgan fingerprint density at radius 1 is 0.746 bits per heavy atom. The standard InChI is InChI=1S/C46H75O12P/c1-3-5-7-8-9-10-11-12-13-14-15-16-17-18-19-20-25-29-45(51)55-37-42(38-57-59(53,54)56-36-41(49)35-47)58-46(52)30-26-22-21-24-27-39-31-34-44(50)43(39)33-32-40(48)28-23-6-4-2/h12-13,15-16,18-19,21,24,31-34,39-43,47-49H,3-11,14,17,20,22-23,25-30,35-38H2,1-2H3,(H,53,54)/b13-12-,16-15-,19-18-,24-21-,33-32+/t39-,40-,41-,42+,43+/m0/s1. The molecule has 1 aliphatic carbocycles. The van der Waals surface area contributed by atoms with Gasteiger partial charge in [0.15, 0.2) is 11.9 Å². The number of hydrogen-bond acceptors (Lipinski definition) is 11. The Kier molecular flexibility index (Phi) is 32.8. The predicted octanol–water partition coefficient (Wildman–Crippen LogP) is 9.28. The van der Waals surface area contributed by atoms with Crippen molar-refractivity contribution in [1.82, 2.24) is 0 Å². The maximum absolute atomic E-state index is 12.7. The first-order valence-corrected chi connectivity index (χ1v) is 23.4. The molecule has 12 nitrogen and oxygen atoms in total. The predicted molar refractivity (Wildman–Crippen MR) is 232 cm³/mol.